The second kappa shape index (κ2) is 6.45. The number of halogens is 1. The standard InChI is InChI=1S/C12H16IN3OS2/c1-3-4-5-6-7(2)9-8(13)10(17)16-11(14-9)19-12(18)15-16/h7H,3-6H2,1-2H3,(H,15,18). The second-order valence-corrected chi connectivity index (χ2v) is 7.36. The third kappa shape index (κ3) is 3.25. The highest BCUT2D eigenvalue weighted by molar-refractivity contribution is 14.1. The number of hydrogen-bond donors (Lipinski definition) is 1. The number of H-pyrrole nitrogens is 1. The molecule has 7 heteroatoms. The highest BCUT2D eigenvalue weighted by Crippen LogP contribution is 2.24. The molecule has 4 nitrogen and oxygen atoms in total. The number of aromatic amines is 1. The number of nitrogens with one attached hydrogen (secondary N) is 1. The lowest BCUT2D eigenvalue weighted by Gasteiger charge is -2.12. The predicted octanol–water partition coefficient (Wildman–Crippen LogP) is 4.10. The Bertz CT molecular complexity index is 688. The Hall–Kier alpha value is -0.280. The molecule has 0 bridgehead atoms. The van der Waals surface area contributed by atoms with Crippen molar-refractivity contribution in [1.29, 1.82) is 0 Å². The summed E-state index contributed by atoms with van der Waals surface area (Å²) < 4.78 is 2.72. The van der Waals surface area contributed by atoms with Crippen LogP contribution in [0.2, 0.25) is 0 Å². The SMILES string of the molecule is CCCCCC(C)c1nc2sc(=S)[nH]n2c(=O)c1I. The van der Waals surface area contributed by atoms with E-state index in [9.17, 15) is 4.79 Å². The van der Waals surface area contributed by atoms with E-state index >= 15 is 0 Å². The van der Waals surface area contributed by atoms with E-state index < -0.39 is 0 Å². The van der Waals surface area contributed by atoms with Gasteiger partial charge >= 0.3 is 0 Å². The Morgan fingerprint density at radius 2 is 2.26 bits per heavy atom. The summed E-state index contributed by atoms with van der Waals surface area (Å²) in [7, 11) is 0. The van der Waals surface area contributed by atoms with Gasteiger partial charge in [-0.15, -0.1) is 0 Å². The van der Waals surface area contributed by atoms with Gasteiger partial charge in [0.1, 0.15) is 3.57 Å². The molecule has 2 aromatic heterocycles. The van der Waals surface area contributed by atoms with Gasteiger partial charge in [-0.05, 0) is 47.1 Å². The highest BCUT2D eigenvalue weighted by atomic mass is 127. The first kappa shape index (κ1) is 15.1. The molecule has 0 aliphatic rings. The van der Waals surface area contributed by atoms with Gasteiger partial charge in [-0.1, -0.05) is 44.4 Å². The van der Waals surface area contributed by atoms with Gasteiger partial charge in [0.2, 0.25) is 4.96 Å². The van der Waals surface area contributed by atoms with E-state index in [1.165, 1.54) is 35.1 Å². The van der Waals surface area contributed by atoms with Crippen LogP contribution in [0.15, 0.2) is 4.79 Å². The zero-order chi connectivity index (χ0) is 14.0. The minimum Gasteiger partial charge on any atom is -0.270 e. The van der Waals surface area contributed by atoms with E-state index in [1.54, 1.807) is 0 Å². The molecule has 19 heavy (non-hydrogen) atoms. The molecule has 0 saturated carbocycles. The van der Waals surface area contributed by atoms with Crippen molar-refractivity contribution in [3.8, 4) is 0 Å². The zero-order valence-corrected chi connectivity index (χ0v) is 14.7. The van der Waals surface area contributed by atoms with Crippen LogP contribution in [0.4, 0.5) is 0 Å². The molecule has 1 unspecified atom stereocenters. The molecule has 0 fully saturated rings. The Kier molecular flexibility index (Phi) is 5.13. The molecule has 2 aromatic rings. The average Bonchev–Trinajstić information content (AvgIpc) is 2.75. The molecule has 0 spiro atoms. The molecule has 0 radical (unpaired) electrons. The topological polar surface area (TPSA) is 50.2 Å². The van der Waals surface area contributed by atoms with Crippen molar-refractivity contribution in [2.45, 2.75) is 45.4 Å². The maximum atomic E-state index is 12.2. The first-order chi connectivity index (χ1) is 9.04. The number of rotatable bonds is 5. The highest BCUT2D eigenvalue weighted by Gasteiger charge is 2.17. The third-order valence-electron chi connectivity index (χ3n) is 3.12. The molecule has 1 N–H and O–H groups in total. The predicted molar refractivity (Wildman–Crippen MR) is 89.8 cm³/mol. The lowest BCUT2D eigenvalue weighted by atomic mass is 10.00. The maximum absolute atomic E-state index is 12.2. The van der Waals surface area contributed by atoms with Crippen LogP contribution < -0.4 is 5.56 Å². The Labute approximate surface area is 134 Å². The van der Waals surface area contributed by atoms with Gasteiger partial charge in [0.25, 0.3) is 5.56 Å². The smallest absolute Gasteiger partial charge is 0.270 e. The molecular formula is C12H16IN3OS2. The molecule has 2 rings (SSSR count). The van der Waals surface area contributed by atoms with E-state index in [4.69, 9.17) is 12.2 Å². The monoisotopic (exact) mass is 409 g/mol. The summed E-state index contributed by atoms with van der Waals surface area (Å²) in [5, 5.41) is 2.86. The van der Waals surface area contributed by atoms with Gasteiger partial charge < -0.3 is 0 Å². The first-order valence-corrected chi connectivity index (χ1v) is 8.66. The Morgan fingerprint density at radius 1 is 1.53 bits per heavy atom. The van der Waals surface area contributed by atoms with Crippen molar-refractivity contribution in [2.75, 3.05) is 0 Å². The molecule has 0 aliphatic heterocycles. The van der Waals surface area contributed by atoms with E-state index in [2.05, 4.69) is 46.5 Å². The van der Waals surface area contributed by atoms with Crippen LogP contribution >= 0.6 is 46.1 Å². The maximum Gasteiger partial charge on any atom is 0.287 e. The number of fused-ring (bicyclic) bond motifs is 1. The van der Waals surface area contributed by atoms with E-state index in [-0.39, 0.29) is 5.56 Å². The third-order valence-corrected chi connectivity index (χ3v) is 5.21. The summed E-state index contributed by atoms with van der Waals surface area (Å²) in [5.74, 6) is 0.312. The minimum atomic E-state index is -0.0460. The number of aromatic nitrogens is 3. The van der Waals surface area contributed by atoms with Crippen molar-refractivity contribution in [3.05, 3.63) is 23.6 Å². The molecule has 0 amide bonds. The van der Waals surface area contributed by atoms with Crippen LogP contribution in [-0.4, -0.2) is 14.6 Å². The number of unbranched alkanes of at least 4 members (excludes halogenated alkanes) is 2. The normalized spacial score (nSPS) is 13.0. The van der Waals surface area contributed by atoms with Crippen LogP contribution in [0.5, 0.6) is 0 Å². The van der Waals surface area contributed by atoms with Gasteiger partial charge in [-0.25, -0.2) is 4.98 Å². The summed E-state index contributed by atoms with van der Waals surface area (Å²) in [6.07, 6.45) is 4.68. The summed E-state index contributed by atoms with van der Waals surface area (Å²) >= 11 is 8.51. The fraction of sp³-hybridized carbons (Fsp3) is 0.583. The van der Waals surface area contributed by atoms with Crippen LogP contribution in [-0.2, 0) is 0 Å². The van der Waals surface area contributed by atoms with Crippen LogP contribution in [0.25, 0.3) is 4.96 Å². The molecule has 0 aliphatic carbocycles. The lowest BCUT2D eigenvalue weighted by molar-refractivity contribution is 0.584. The Morgan fingerprint density at radius 3 is 2.95 bits per heavy atom. The fourth-order valence-electron chi connectivity index (χ4n) is 2.02. The van der Waals surface area contributed by atoms with Crippen molar-refractivity contribution in [2.24, 2.45) is 0 Å². The molecule has 0 aromatic carbocycles. The molecular weight excluding hydrogens is 393 g/mol. The summed E-state index contributed by atoms with van der Waals surface area (Å²) in [6.45, 7) is 4.33. The van der Waals surface area contributed by atoms with Gasteiger partial charge in [0.15, 0.2) is 3.95 Å². The van der Waals surface area contributed by atoms with Gasteiger partial charge in [0.05, 0.1) is 5.69 Å². The van der Waals surface area contributed by atoms with Crippen molar-refractivity contribution in [1.82, 2.24) is 14.6 Å². The second-order valence-electron chi connectivity index (χ2n) is 4.63. The summed E-state index contributed by atoms with van der Waals surface area (Å²) in [4.78, 5) is 17.5. The molecule has 2 heterocycles. The van der Waals surface area contributed by atoms with Crippen molar-refractivity contribution in [3.63, 3.8) is 0 Å². The minimum absolute atomic E-state index is 0.0460. The lowest BCUT2D eigenvalue weighted by Crippen LogP contribution is -2.21. The molecule has 1 atom stereocenters. The molecule has 0 saturated heterocycles. The van der Waals surface area contributed by atoms with Crippen LogP contribution in [0, 0.1) is 7.52 Å². The first-order valence-electron chi connectivity index (χ1n) is 6.35. The average molecular weight is 409 g/mol. The van der Waals surface area contributed by atoms with Gasteiger partial charge in [0, 0.05) is 0 Å². The summed E-state index contributed by atoms with van der Waals surface area (Å²) in [6, 6.07) is 0. The zero-order valence-electron chi connectivity index (χ0n) is 10.9. The summed E-state index contributed by atoms with van der Waals surface area (Å²) in [5.41, 5.74) is 0.863. The number of nitrogens with zero attached hydrogens (tertiary/aromatic N) is 2. The fourth-order valence-corrected chi connectivity index (χ4v) is 3.90. The van der Waals surface area contributed by atoms with Gasteiger partial charge in [-0.2, -0.15) is 4.52 Å². The number of hydrogen-bond acceptors (Lipinski definition) is 4. The Balaban J connectivity index is 2.40. The van der Waals surface area contributed by atoms with E-state index in [0.717, 1.165) is 12.1 Å². The van der Waals surface area contributed by atoms with Crippen LogP contribution in [0.1, 0.15) is 51.1 Å². The van der Waals surface area contributed by atoms with E-state index in [1.807, 2.05) is 0 Å². The quantitative estimate of drug-likeness (QED) is 0.460. The largest absolute Gasteiger partial charge is 0.287 e. The molecule has 104 valence electrons. The van der Waals surface area contributed by atoms with Gasteiger partial charge in [-0.3, -0.25) is 9.89 Å². The van der Waals surface area contributed by atoms with Crippen LogP contribution in [0.3, 0.4) is 0 Å². The van der Waals surface area contributed by atoms with Crippen molar-refractivity contribution >= 4 is 51.1 Å². The van der Waals surface area contributed by atoms with E-state index in [0.29, 0.717) is 18.4 Å². The van der Waals surface area contributed by atoms with Crippen molar-refractivity contribution < 1.29 is 0 Å².